The third kappa shape index (κ3) is 5.52. The van der Waals surface area contributed by atoms with Crippen LogP contribution in [0.15, 0.2) is 35.5 Å². The van der Waals surface area contributed by atoms with Gasteiger partial charge in [0.05, 0.1) is 29.7 Å². The van der Waals surface area contributed by atoms with Crippen molar-refractivity contribution in [3.63, 3.8) is 0 Å². The number of aliphatic hydroxyl groups is 1. The van der Waals surface area contributed by atoms with Gasteiger partial charge in [-0.05, 0) is 44.0 Å². The number of aromatic amines is 1. The van der Waals surface area contributed by atoms with E-state index in [-0.39, 0.29) is 6.04 Å². The van der Waals surface area contributed by atoms with Crippen molar-refractivity contribution in [3.8, 4) is 11.3 Å². The number of amidine groups is 1. The number of rotatable bonds is 8. The number of carbonyl (C=O) groups is 1. The molecule has 0 spiro atoms. The molecule has 0 saturated carbocycles. The molecule has 1 aromatic carbocycles. The number of imidazole rings is 1. The van der Waals surface area contributed by atoms with Crippen LogP contribution in [0.25, 0.3) is 17.0 Å². The highest BCUT2D eigenvalue weighted by molar-refractivity contribution is 5.97. The highest BCUT2D eigenvalue weighted by Gasteiger charge is 2.14. The molecule has 0 aliphatic carbocycles. The molecule has 1 aromatic heterocycles. The van der Waals surface area contributed by atoms with Gasteiger partial charge in [-0.1, -0.05) is 12.1 Å². The van der Waals surface area contributed by atoms with Gasteiger partial charge in [-0.15, -0.1) is 0 Å². The van der Waals surface area contributed by atoms with E-state index in [1.165, 1.54) is 0 Å². The molecule has 154 valence electrons. The van der Waals surface area contributed by atoms with Crippen molar-refractivity contribution in [2.45, 2.75) is 32.4 Å². The predicted octanol–water partition coefficient (Wildman–Crippen LogP) is 1.23. The smallest absolute Gasteiger partial charge is 0.154 e. The number of aryl methyl sites for hydroxylation is 1. The first kappa shape index (κ1) is 20.8. The first-order valence-corrected chi connectivity index (χ1v) is 9.75. The van der Waals surface area contributed by atoms with E-state index < -0.39 is 6.10 Å². The molecule has 0 amide bonds. The SMILES string of the molecule is Cc1cc(-c2cnc(/C(=C\C(N)=NC3CCNC3)NCC(C)O)[nH]2)ccc1C=O. The lowest BCUT2D eigenvalue weighted by molar-refractivity contribution is 0.112. The number of hydrogen-bond donors (Lipinski definition) is 5. The van der Waals surface area contributed by atoms with Gasteiger partial charge in [-0.2, -0.15) is 0 Å². The van der Waals surface area contributed by atoms with Gasteiger partial charge in [0, 0.05) is 24.7 Å². The van der Waals surface area contributed by atoms with Crippen molar-refractivity contribution in [1.29, 1.82) is 0 Å². The average molecular weight is 396 g/mol. The maximum atomic E-state index is 11.0. The lowest BCUT2D eigenvalue weighted by atomic mass is 10.0. The molecule has 1 aliphatic heterocycles. The largest absolute Gasteiger partial charge is 0.392 e. The third-order valence-electron chi connectivity index (χ3n) is 4.78. The number of nitrogens with zero attached hydrogens (tertiary/aromatic N) is 2. The summed E-state index contributed by atoms with van der Waals surface area (Å²) in [6.45, 7) is 5.73. The summed E-state index contributed by atoms with van der Waals surface area (Å²) in [4.78, 5) is 23.3. The van der Waals surface area contributed by atoms with Crippen LogP contribution >= 0.6 is 0 Å². The summed E-state index contributed by atoms with van der Waals surface area (Å²) in [5, 5.41) is 16.1. The Morgan fingerprint density at radius 3 is 3.00 bits per heavy atom. The summed E-state index contributed by atoms with van der Waals surface area (Å²) < 4.78 is 0. The Labute approximate surface area is 170 Å². The Kier molecular flexibility index (Phi) is 6.79. The fraction of sp³-hybridized carbons (Fsp3) is 0.381. The maximum absolute atomic E-state index is 11.0. The average Bonchev–Trinajstić information content (AvgIpc) is 3.37. The van der Waals surface area contributed by atoms with E-state index in [0.717, 1.165) is 42.6 Å². The number of benzene rings is 1. The number of hydrogen-bond acceptors (Lipinski definition) is 6. The zero-order valence-electron chi connectivity index (χ0n) is 16.8. The minimum Gasteiger partial charge on any atom is -0.392 e. The van der Waals surface area contributed by atoms with Gasteiger partial charge in [0.2, 0.25) is 0 Å². The van der Waals surface area contributed by atoms with Crippen LogP contribution in [0.4, 0.5) is 0 Å². The number of aromatic nitrogens is 2. The Balaban J connectivity index is 1.87. The molecule has 2 heterocycles. The highest BCUT2D eigenvalue weighted by Crippen LogP contribution is 2.21. The molecular formula is C21H28N6O2. The Morgan fingerprint density at radius 1 is 1.52 bits per heavy atom. The number of aldehydes is 1. The Morgan fingerprint density at radius 2 is 2.34 bits per heavy atom. The van der Waals surface area contributed by atoms with Crippen molar-refractivity contribution in [2.24, 2.45) is 10.7 Å². The van der Waals surface area contributed by atoms with Crippen LogP contribution < -0.4 is 16.4 Å². The monoisotopic (exact) mass is 396 g/mol. The summed E-state index contributed by atoms with van der Waals surface area (Å²) in [5.74, 6) is 1.01. The topological polar surface area (TPSA) is 128 Å². The normalized spacial score (nSPS) is 18.7. The van der Waals surface area contributed by atoms with Crippen molar-refractivity contribution >= 4 is 17.8 Å². The molecule has 1 saturated heterocycles. The zero-order chi connectivity index (χ0) is 20.8. The van der Waals surface area contributed by atoms with Crippen molar-refractivity contribution in [2.75, 3.05) is 19.6 Å². The van der Waals surface area contributed by atoms with Gasteiger partial charge < -0.3 is 26.5 Å². The molecule has 0 bridgehead atoms. The number of aliphatic imine (C=N–C) groups is 1. The molecule has 2 atom stereocenters. The molecule has 2 unspecified atom stereocenters. The van der Waals surface area contributed by atoms with Crippen molar-refractivity contribution < 1.29 is 9.90 Å². The van der Waals surface area contributed by atoms with Crippen LogP contribution in [-0.4, -0.2) is 59.0 Å². The van der Waals surface area contributed by atoms with Gasteiger partial charge >= 0.3 is 0 Å². The minimum atomic E-state index is -0.524. The zero-order valence-corrected chi connectivity index (χ0v) is 16.8. The van der Waals surface area contributed by atoms with E-state index in [1.54, 1.807) is 25.3 Å². The van der Waals surface area contributed by atoms with E-state index in [9.17, 15) is 9.90 Å². The molecule has 3 rings (SSSR count). The number of carbonyl (C=O) groups excluding carboxylic acids is 1. The van der Waals surface area contributed by atoms with Crippen molar-refractivity contribution in [3.05, 3.63) is 47.4 Å². The predicted molar refractivity (Wildman–Crippen MR) is 115 cm³/mol. The molecule has 8 nitrogen and oxygen atoms in total. The first-order valence-electron chi connectivity index (χ1n) is 9.75. The number of H-pyrrole nitrogens is 1. The number of nitrogens with one attached hydrogen (secondary N) is 3. The van der Waals surface area contributed by atoms with E-state index in [0.29, 0.717) is 29.5 Å². The third-order valence-corrected chi connectivity index (χ3v) is 4.78. The minimum absolute atomic E-state index is 0.177. The lowest BCUT2D eigenvalue weighted by Crippen LogP contribution is -2.25. The second kappa shape index (κ2) is 9.49. The van der Waals surface area contributed by atoms with Crippen molar-refractivity contribution in [1.82, 2.24) is 20.6 Å². The van der Waals surface area contributed by atoms with E-state index in [2.05, 4.69) is 25.6 Å². The first-order chi connectivity index (χ1) is 14.0. The van der Waals surface area contributed by atoms with Crippen LogP contribution in [0.3, 0.4) is 0 Å². The van der Waals surface area contributed by atoms with Crippen LogP contribution in [0.1, 0.15) is 35.1 Å². The van der Waals surface area contributed by atoms with E-state index >= 15 is 0 Å². The van der Waals surface area contributed by atoms with Gasteiger partial charge in [0.25, 0.3) is 0 Å². The molecule has 1 fully saturated rings. The second-order valence-corrected chi connectivity index (χ2v) is 7.32. The maximum Gasteiger partial charge on any atom is 0.154 e. The van der Waals surface area contributed by atoms with E-state index in [4.69, 9.17) is 5.73 Å². The molecule has 0 radical (unpaired) electrons. The van der Waals surface area contributed by atoms with Crippen LogP contribution in [-0.2, 0) is 0 Å². The highest BCUT2D eigenvalue weighted by atomic mass is 16.3. The van der Waals surface area contributed by atoms with Crippen LogP contribution in [0, 0.1) is 6.92 Å². The fourth-order valence-electron chi connectivity index (χ4n) is 3.19. The van der Waals surface area contributed by atoms with Gasteiger partial charge in [-0.3, -0.25) is 9.79 Å². The van der Waals surface area contributed by atoms with Gasteiger partial charge in [-0.25, -0.2) is 4.98 Å². The molecule has 1 aliphatic rings. The molecule has 6 N–H and O–H groups in total. The van der Waals surface area contributed by atoms with Gasteiger partial charge in [0.15, 0.2) is 5.82 Å². The summed E-state index contributed by atoms with van der Waals surface area (Å²) >= 11 is 0. The molecular weight excluding hydrogens is 368 g/mol. The summed E-state index contributed by atoms with van der Waals surface area (Å²) in [6.07, 6.45) is 4.76. The molecule has 8 heteroatoms. The quantitative estimate of drug-likeness (QED) is 0.259. The second-order valence-electron chi connectivity index (χ2n) is 7.32. The van der Waals surface area contributed by atoms with Crippen LogP contribution in [0.5, 0.6) is 0 Å². The fourth-order valence-corrected chi connectivity index (χ4v) is 3.19. The molecule has 29 heavy (non-hydrogen) atoms. The number of nitrogens with two attached hydrogens (primary N) is 1. The standard InChI is InChI=1S/C21H28N6O2/c1-13-7-15(3-4-16(13)12-28)19-11-25-21(27-19)18(24-9-14(2)29)8-20(22)26-17-5-6-23-10-17/h3-4,7-8,11-12,14,17,23-24,29H,5-6,9-10H2,1-2H3,(H2,22,26)(H,25,27)/b18-8+. The summed E-state index contributed by atoms with van der Waals surface area (Å²) in [5.41, 5.74) is 10.1. The number of aliphatic hydroxyl groups excluding tert-OH is 1. The molecule has 2 aromatic rings. The summed E-state index contributed by atoms with van der Waals surface area (Å²) in [7, 11) is 0. The lowest BCUT2D eigenvalue weighted by Gasteiger charge is -2.11. The Bertz CT molecular complexity index is 910. The van der Waals surface area contributed by atoms with Crippen LogP contribution in [0.2, 0.25) is 0 Å². The summed E-state index contributed by atoms with van der Waals surface area (Å²) in [6, 6.07) is 5.79. The Hall–Kier alpha value is -2.97. The van der Waals surface area contributed by atoms with E-state index in [1.807, 2.05) is 19.1 Å². The van der Waals surface area contributed by atoms with Gasteiger partial charge in [0.1, 0.15) is 12.1 Å².